The number of aliphatic hydroxyl groups is 1. The van der Waals surface area contributed by atoms with Crippen LogP contribution >= 0.6 is 0 Å². The van der Waals surface area contributed by atoms with Crippen LogP contribution in [0.1, 0.15) is 78.4 Å². The molecule has 0 spiro atoms. The van der Waals surface area contributed by atoms with Crippen molar-refractivity contribution in [2.75, 3.05) is 0 Å². The smallest absolute Gasteiger partial charge is 0.164 e. The third-order valence-corrected chi connectivity index (χ3v) is 11.9. The first kappa shape index (κ1) is 37.5. The van der Waals surface area contributed by atoms with Crippen molar-refractivity contribution in [1.82, 2.24) is 9.97 Å². The van der Waals surface area contributed by atoms with Crippen LogP contribution < -0.4 is 5.19 Å². The van der Waals surface area contributed by atoms with Crippen LogP contribution in [0.2, 0.25) is 19.6 Å². The molecule has 0 aliphatic rings. The molecule has 0 bridgehead atoms. The maximum Gasteiger partial charge on any atom is 0.164 e. The number of allylic oxidation sites excluding steroid dienone is 2. The summed E-state index contributed by atoms with van der Waals surface area (Å²) < 4.78 is 0. The van der Waals surface area contributed by atoms with E-state index >= 15 is 0 Å². The SMILES string of the molecule is CCC(C)(CC)C(=O)/C=C(\O)C(C)(CC)CC.Cc1cc2ccc3c(-c4[c-]cccc4)ncnc3c2c(C)c1[Si](C)(C)C.[Ir]. The minimum Gasteiger partial charge on any atom is -0.512 e. The molecule has 0 aliphatic heterocycles. The molecule has 239 valence electrons. The van der Waals surface area contributed by atoms with Gasteiger partial charge in [-0.05, 0) is 61.6 Å². The average molecular weight is 788 g/mol. The van der Waals surface area contributed by atoms with Crippen LogP contribution in [-0.4, -0.2) is 28.9 Å². The van der Waals surface area contributed by atoms with Gasteiger partial charge >= 0.3 is 0 Å². The van der Waals surface area contributed by atoms with Crippen molar-refractivity contribution in [3.8, 4) is 11.3 Å². The summed E-state index contributed by atoms with van der Waals surface area (Å²) in [6.45, 7) is 23.8. The van der Waals surface area contributed by atoms with Gasteiger partial charge in [-0.1, -0.05) is 90.1 Å². The summed E-state index contributed by atoms with van der Waals surface area (Å²) in [5, 5.41) is 15.3. The molecule has 0 saturated carbocycles. The second kappa shape index (κ2) is 15.1. The molecule has 1 heterocycles. The van der Waals surface area contributed by atoms with Crippen LogP contribution in [0.4, 0.5) is 0 Å². The van der Waals surface area contributed by atoms with E-state index < -0.39 is 8.07 Å². The first-order chi connectivity index (χ1) is 20.2. The van der Waals surface area contributed by atoms with Crippen molar-refractivity contribution in [2.45, 2.75) is 101 Å². The van der Waals surface area contributed by atoms with E-state index in [0.29, 0.717) is 0 Å². The number of rotatable bonds is 9. The van der Waals surface area contributed by atoms with Gasteiger partial charge in [0, 0.05) is 42.4 Å². The van der Waals surface area contributed by atoms with Crippen LogP contribution in [0.25, 0.3) is 32.9 Å². The second-order valence-electron chi connectivity index (χ2n) is 13.4. The molecule has 1 N–H and O–H groups in total. The van der Waals surface area contributed by atoms with Gasteiger partial charge in [0.05, 0.1) is 13.6 Å². The maximum absolute atomic E-state index is 12.2. The molecule has 1 aromatic heterocycles. The molecular weight excluding hydrogens is 737 g/mol. The van der Waals surface area contributed by atoms with E-state index in [4.69, 9.17) is 4.98 Å². The van der Waals surface area contributed by atoms with Gasteiger partial charge in [0.25, 0.3) is 0 Å². The number of aliphatic hydroxyl groups excluding tert-OH is 1. The van der Waals surface area contributed by atoms with Crippen LogP contribution in [0.15, 0.2) is 60.6 Å². The van der Waals surface area contributed by atoms with Crippen LogP contribution in [-0.2, 0) is 24.9 Å². The number of nitrogens with zero attached hydrogens (tertiary/aromatic N) is 2. The Balaban J connectivity index is 0.000000331. The molecule has 6 heteroatoms. The number of ketones is 1. The Labute approximate surface area is 280 Å². The van der Waals surface area contributed by atoms with E-state index in [0.717, 1.165) is 47.8 Å². The first-order valence-corrected chi connectivity index (χ1v) is 19.3. The summed E-state index contributed by atoms with van der Waals surface area (Å²) in [6, 6.07) is 18.0. The van der Waals surface area contributed by atoms with E-state index in [-0.39, 0.29) is 42.5 Å². The van der Waals surface area contributed by atoms with Crippen molar-refractivity contribution in [3.05, 3.63) is 77.8 Å². The standard InChI is InChI=1S/C23H23N2Si.C15H28O2.Ir/c1-15-13-18-11-12-19-21(17-9-7-6-8-10-17)24-14-25-22(19)20(18)16(2)23(15)26(3,4)5;1-7-14(5,8-2)12(16)11-13(17)15(6,9-3)10-4;/h6-9,11-14H,1-5H3;11,16H,7-10H2,1-6H3;/q-1;;/b;12-11-;. The molecule has 1 radical (unpaired) electrons. The van der Waals surface area contributed by atoms with Gasteiger partial charge in [0.1, 0.15) is 12.1 Å². The summed E-state index contributed by atoms with van der Waals surface area (Å²) in [6.07, 6.45) is 6.44. The van der Waals surface area contributed by atoms with Crippen molar-refractivity contribution < 1.29 is 30.0 Å². The van der Waals surface area contributed by atoms with Crippen molar-refractivity contribution in [3.63, 3.8) is 0 Å². The van der Waals surface area contributed by atoms with Gasteiger partial charge in [-0.3, -0.25) is 9.78 Å². The minimum absolute atomic E-state index is 0. The monoisotopic (exact) mass is 788 g/mol. The van der Waals surface area contributed by atoms with Crippen LogP contribution in [0, 0.1) is 30.7 Å². The van der Waals surface area contributed by atoms with Gasteiger partial charge in [-0.15, -0.1) is 35.9 Å². The fourth-order valence-electron chi connectivity index (χ4n) is 5.98. The summed E-state index contributed by atoms with van der Waals surface area (Å²) in [4.78, 5) is 21.4. The predicted molar refractivity (Wildman–Crippen MR) is 187 cm³/mol. The fourth-order valence-corrected chi connectivity index (χ4v) is 8.48. The van der Waals surface area contributed by atoms with Gasteiger partial charge < -0.3 is 5.11 Å². The van der Waals surface area contributed by atoms with Gasteiger partial charge in [0.15, 0.2) is 5.78 Å². The molecule has 44 heavy (non-hydrogen) atoms. The molecule has 0 aliphatic carbocycles. The Kier molecular flexibility index (Phi) is 12.9. The first-order valence-electron chi connectivity index (χ1n) is 15.8. The third kappa shape index (κ3) is 7.76. The van der Waals surface area contributed by atoms with E-state index in [9.17, 15) is 9.90 Å². The zero-order valence-corrected chi connectivity index (χ0v) is 32.0. The Hall–Kier alpha value is -2.66. The number of hydrogen-bond acceptors (Lipinski definition) is 4. The van der Waals surface area contributed by atoms with E-state index in [1.165, 1.54) is 28.0 Å². The molecule has 0 unspecified atom stereocenters. The quantitative estimate of drug-likeness (QED) is 0.0604. The summed E-state index contributed by atoms with van der Waals surface area (Å²) in [5.41, 5.74) is 5.18. The zero-order valence-electron chi connectivity index (χ0n) is 28.6. The Morgan fingerprint density at radius 1 is 0.932 bits per heavy atom. The molecule has 4 rings (SSSR count). The summed E-state index contributed by atoms with van der Waals surface area (Å²) in [5.74, 6) is 0.286. The molecule has 4 aromatic rings. The Morgan fingerprint density at radius 2 is 1.55 bits per heavy atom. The van der Waals surface area contributed by atoms with E-state index in [2.05, 4.69) is 68.8 Å². The number of aryl methyl sites for hydroxylation is 2. The largest absolute Gasteiger partial charge is 0.512 e. The molecule has 4 nitrogen and oxygen atoms in total. The average Bonchev–Trinajstić information content (AvgIpc) is 2.99. The fraction of sp³-hybridized carbons (Fsp3) is 0.447. The Morgan fingerprint density at radius 3 is 2.07 bits per heavy atom. The van der Waals surface area contributed by atoms with Crippen molar-refractivity contribution in [1.29, 1.82) is 0 Å². The molecule has 0 amide bonds. The maximum atomic E-state index is 12.2. The normalized spacial score (nSPS) is 12.5. The zero-order chi connectivity index (χ0) is 32.2. The minimum atomic E-state index is -1.45. The van der Waals surface area contributed by atoms with E-state index in [1.807, 2.05) is 59.7 Å². The second-order valence-corrected chi connectivity index (χ2v) is 18.4. The predicted octanol–water partition coefficient (Wildman–Crippen LogP) is 10.1. The number of fused-ring (bicyclic) bond motifs is 3. The molecule has 3 aromatic carbocycles. The molecule has 0 saturated heterocycles. The van der Waals surface area contributed by atoms with Crippen molar-refractivity contribution in [2.24, 2.45) is 10.8 Å². The number of carbonyl (C=O) groups is 1. The number of benzene rings is 3. The van der Waals surface area contributed by atoms with Gasteiger partial charge in [-0.2, -0.15) is 0 Å². The summed E-state index contributed by atoms with van der Waals surface area (Å²) in [7, 11) is -1.45. The molecule has 0 fully saturated rings. The topological polar surface area (TPSA) is 63.1 Å². The molecular formula is C38H51IrN2O2Si-. The van der Waals surface area contributed by atoms with E-state index in [1.54, 1.807) is 11.5 Å². The number of hydrogen-bond donors (Lipinski definition) is 1. The molecule has 0 atom stereocenters. The van der Waals surface area contributed by atoms with Gasteiger partial charge in [-0.25, -0.2) is 4.98 Å². The Bertz CT molecular complexity index is 1620. The summed E-state index contributed by atoms with van der Waals surface area (Å²) >= 11 is 0. The van der Waals surface area contributed by atoms with Crippen molar-refractivity contribution >= 4 is 40.7 Å². The number of carbonyl (C=O) groups excluding carboxylic acids is 1. The third-order valence-electron chi connectivity index (χ3n) is 9.67. The van der Waals surface area contributed by atoms with Crippen LogP contribution in [0.5, 0.6) is 0 Å². The van der Waals surface area contributed by atoms with Gasteiger partial charge in [0.2, 0.25) is 0 Å². The number of aromatic nitrogens is 2. The van der Waals surface area contributed by atoms with Crippen LogP contribution in [0.3, 0.4) is 0 Å².